The second-order valence-corrected chi connectivity index (χ2v) is 3.95. The molecule has 0 atom stereocenters. The Morgan fingerprint density at radius 2 is 2.06 bits per heavy atom. The van der Waals surface area contributed by atoms with E-state index >= 15 is 0 Å². The lowest BCUT2D eigenvalue weighted by Crippen LogP contribution is -2.00. The Morgan fingerprint density at radius 1 is 1.38 bits per heavy atom. The van der Waals surface area contributed by atoms with Crippen molar-refractivity contribution in [1.82, 2.24) is 0 Å². The molecule has 1 heterocycles. The van der Waals surface area contributed by atoms with Gasteiger partial charge in [0, 0.05) is 5.56 Å². The lowest BCUT2D eigenvalue weighted by atomic mass is 9.99. The molecule has 0 fully saturated rings. The first-order valence-corrected chi connectivity index (χ1v) is 5.00. The first-order chi connectivity index (χ1) is 7.52. The number of fused-ring (bicyclic) bond motifs is 1. The molecule has 0 bridgehead atoms. The molecule has 0 aliphatic rings. The van der Waals surface area contributed by atoms with Gasteiger partial charge < -0.3 is 14.6 Å². The summed E-state index contributed by atoms with van der Waals surface area (Å²) in [5.41, 5.74) is 0.946. The van der Waals surface area contributed by atoms with Crippen LogP contribution in [0.3, 0.4) is 0 Å². The van der Waals surface area contributed by atoms with Crippen LogP contribution in [0.25, 0.3) is 11.0 Å². The van der Waals surface area contributed by atoms with Gasteiger partial charge in [-0.15, -0.1) is 0 Å². The third-order valence-electron chi connectivity index (χ3n) is 2.50. The van der Waals surface area contributed by atoms with Gasteiger partial charge in [0.1, 0.15) is 11.3 Å². The van der Waals surface area contributed by atoms with Gasteiger partial charge in [-0.3, -0.25) is 0 Å². The molecule has 0 saturated heterocycles. The molecule has 0 spiro atoms. The highest BCUT2D eigenvalue weighted by Gasteiger charge is 2.23. The molecule has 2 rings (SSSR count). The molecule has 4 heteroatoms. The number of hydrogen-bond donors (Lipinski definition) is 2. The number of benzene rings is 1. The topological polar surface area (TPSA) is 70.7 Å². The second-order valence-electron chi connectivity index (χ2n) is 3.95. The molecule has 4 nitrogen and oxygen atoms in total. The number of aromatic carboxylic acids is 1. The summed E-state index contributed by atoms with van der Waals surface area (Å²) in [5.74, 6) is -1.18. The van der Waals surface area contributed by atoms with Crippen molar-refractivity contribution < 1.29 is 19.4 Å². The van der Waals surface area contributed by atoms with Crippen LogP contribution in [0, 0.1) is 0 Å². The van der Waals surface area contributed by atoms with E-state index in [1.165, 1.54) is 6.07 Å². The van der Waals surface area contributed by atoms with E-state index in [2.05, 4.69) is 0 Å². The third kappa shape index (κ3) is 1.43. The van der Waals surface area contributed by atoms with Gasteiger partial charge in [0.2, 0.25) is 5.76 Å². The second kappa shape index (κ2) is 3.56. The molecule has 2 N–H and O–H groups in total. The van der Waals surface area contributed by atoms with Gasteiger partial charge in [0.05, 0.1) is 5.39 Å². The average molecular weight is 220 g/mol. The van der Waals surface area contributed by atoms with Crippen molar-refractivity contribution in [3.8, 4) is 5.75 Å². The van der Waals surface area contributed by atoms with Crippen molar-refractivity contribution in [3.05, 3.63) is 29.5 Å². The van der Waals surface area contributed by atoms with Gasteiger partial charge in [-0.05, 0) is 18.1 Å². The summed E-state index contributed by atoms with van der Waals surface area (Å²) in [5, 5.41) is 19.3. The Labute approximate surface area is 92.1 Å². The Bertz CT molecular complexity index is 551. The number of aromatic hydroxyl groups is 1. The molecule has 0 unspecified atom stereocenters. The number of carboxylic acids is 1. The molecule has 0 aliphatic heterocycles. The highest BCUT2D eigenvalue weighted by Crippen LogP contribution is 2.36. The first kappa shape index (κ1) is 10.5. The van der Waals surface area contributed by atoms with E-state index in [1.807, 2.05) is 13.8 Å². The predicted octanol–water partition coefficient (Wildman–Crippen LogP) is 2.96. The van der Waals surface area contributed by atoms with Crippen LogP contribution >= 0.6 is 0 Å². The highest BCUT2D eigenvalue weighted by atomic mass is 16.4. The summed E-state index contributed by atoms with van der Waals surface area (Å²) in [4.78, 5) is 11.0. The van der Waals surface area contributed by atoms with Crippen molar-refractivity contribution in [2.75, 3.05) is 0 Å². The minimum absolute atomic E-state index is 0.0272. The lowest BCUT2D eigenvalue weighted by Gasteiger charge is -2.04. The maximum absolute atomic E-state index is 11.0. The number of phenols is 1. The number of rotatable bonds is 2. The van der Waals surface area contributed by atoms with E-state index in [-0.39, 0.29) is 17.4 Å². The van der Waals surface area contributed by atoms with E-state index in [9.17, 15) is 9.90 Å². The third-order valence-corrected chi connectivity index (χ3v) is 2.50. The van der Waals surface area contributed by atoms with Crippen LogP contribution in [-0.4, -0.2) is 16.2 Å². The Balaban J connectivity index is 2.88. The zero-order valence-corrected chi connectivity index (χ0v) is 9.02. The molecule has 16 heavy (non-hydrogen) atoms. The van der Waals surface area contributed by atoms with Gasteiger partial charge >= 0.3 is 5.97 Å². The largest absolute Gasteiger partial charge is 0.507 e. The van der Waals surface area contributed by atoms with Crippen LogP contribution in [0.5, 0.6) is 5.75 Å². The quantitative estimate of drug-likeness (QED) is 0.816. The Hall–Kier alpha value is -1.97. The predicted molar refractivity (Wildman–Crippen MR) is 58.9 cm³/mol. The fourth-order valence-electron chi connectivity index (χ4n) is 1.86. The molecule has 2 aromatic rings. The summed E-state index contributed by atoms with van der Waals surface area (Å²) < 4.78 is 5.24. The lowest BCUT2D eigenvalue weighted by molar-refractivity contribution is 0.0663. The smallest absolute Gasteiger partial charge is 0.372 e. The molecule has 0 amide bonds. The molecule has 0 aliphatic carbocycles. The fraction of sp³-hybridized carbons (Fsp3) is 0.250. The van der Waals surface area contributed by atoms with Crippen LogP contribution in [-0.2, 0) is 0 Å². The first-order valence-electron chi connectivity index (χ1n) is 5.00. The fourth-order valence-corrected chi connectivity index (χ4v) is 1.86. The van der Waals surface area contributed by atoms with Gasteiger partial charge in [-0.1, -0.05) is 19.9 Å². The van der Waals surface area contributed by atoms with Crippen LogP contribution in [0.15, 0.2) is 22.6 Å². The summed E-state index contributed by atoms with van der Waals surface area (Å²) in [7, 11) is 0. The number of carboxylic acid groups (broad SMARTS) is 1. The highest BCUT2D eigenvalue weighted by molar-refractivity contribution is 5.98. The maximum Gasteiger partial charge on any atom is 0.372 e. The summed E-state index contributed by atoms with van der Waals surface area (Å²) >= 11 is 0. The van der Waals surface area contributed by atoms with Gasteiger partial charge in [0.15, 0.2) is 0 Å². The van der Waals surface area contributed by atoms with Crippen molar-refractivity contribution in [1.29, 1.82) is 0 Å². The standard InChI is InChI=1S/C12H12O4/c1-6(2)9-10-7(13)4-3-5-8(10)16-11(9)12(14)15/h3-6,13H,1-2H3,(H,14,15). The minimum atomic E-state index is -1.11. The molecule has 1 aromatic heterocycles. The number of furan rings is 1. The monoisotopic (exact) mass is 220 g/mol. The van der Waals surface area contributed by atoms with Crippen LogP contribution < -0.4 is 0 Å². The Kier molecular flexibility index (Phi) is 2.34. The zero-order valence-electron chi connectivity index (χ0n) is 9.02. The maximum atomic E-state index is 11.0. The van der Waals surface area contributed by atoms with Crippen molar-refractivity contribution in [3.63, 3.8) is 0 Å². The normalized spacial score (nSPS) is 11.2. The summed E-state index contributed by atoms with van der Waals surface area (Å²) in [6.07, 6.45) is 0. The van der Waals surface area contributed by atoms with Crippen LogP contribution in [0.1, 0.15) is 35.9 Å². The van der Waals surface area contributed by atoms with E-state index in [4.69, 9.17) is 9.52 Å². The van der Waals surface area contributed by atoms with Crippen molar-refractivity contribution >= 4 is 16.9 Å². The molecular formula is C12H12O4. The van der Waals surface area contributed by atoms with Crippen molar-refractivity contribution in [2.45, 2.75) is 19.8 Å². The summed E-state index contributed by atoms with van der Waals surface area (Å²) in [6, 6.07) is 4.79. The van der Waals surface area contributed by atoms with Crippen molar-refractivity contribution in [2.24, 2.45) is 0 Å². The van der Waals surface area contributed by atoms with Gasteiger partial charge in [0.25, 0.3) is 0 Å². The number of phenolic OH excluding ortho intramolecular Hbond substituents is 1. The summed E-state index contributed by atoms with van der Waals surface area (Å²) in [6.45, 7) is 3.73. The van der Waals surface area contributed by atoms with Gasteiger partial charge in [-0.2, -0.15) is 0 Å². The van der Waals surface area contributed by atoms with Crippen LogP contribution in [0.2, 0.25) is 0 Å². The van der Waals surface area contributed by atoms with E-state index in [0.717, 1.165) is 0 Å². The number of carbonyl (C=O) groups is 1. The van der Waals surface area contributed by atoms with E-state index in [1.54, 1.807) is 12.1 Å². The average Bonchev–Trinajstić information content (AvgIpc) is 2.58. The molecule has 1 aromatic carbocycles. The van der Waals surface area contributed by atoms with E-state index < -0.39 is 5.97 Å². The Morgan fingerprint density at radius 3 is 2.62 bits per heavy atom. The van der Waals surface area contributed by atoms with E-state index in [0.29, 0.717) is 16.5 Å². The van der Waals surface area contributed by atoms with Crippen LogP contribution in [0.4, 0.5) is 0 Å². The van der Waals surface area contributed by atoms with Gasteiger partial charge in [-0.25, -0.2) is 4.79 Å². The number of hydrogen-bond acceptors (Lipinski definition) is 3. The minimum Gasteiger partial charge on any atom is -0.507 e. The SMILES string of the molecule is CC(C)c1c(C(=O)O)oc2cccc(O)c12. The zero-order chi connectivity index (χ0) is 11.9. The molecule has 84 valence electrons. The molecule has 0 radical (unpaired) electrons. The molecule has 0 saturated carbocycles. The molecular weight excluding hydrogens is 208 g/mol.